The number of hydrogen-bond donors (Lipinski definition) is 0. The number of nitrogens with zero attached hydrogens (tertiary/aromatic N) is 2. The van der Waals surface area contributed by atoms with Gasteiger partial charge in [-0.3, -0.25) is 0 Å². The van der Waals surface area contributed by atoms with Gasteiger partial charge in [0.05, 0.1) is 27.8 Å². The van der Waals surface area contributed by atoms with E-state index in [4.69, 9.17) is 4.42 Å². The van der Waals surface area contributed by atoms with Crippen molar-refractivity contribution in [3.8, 4) is 5.69 Å². The Morgan fingerprint density at radius 1 is 0.377 bits per heavy atom. The number of rotatable bonds is 6. The van der Waals surface area contributed by atoms with Gasteiger partial charge in [-0.15, -0.1) is 0 Å². The zero-order chi connectivity index (χ0) is 40.7. The van der Waals surface area contributed by atoms with Crippen LogP contribution in [-0.4, -0.2) is 4.57 Å². The Morgan fingerprint density at radius 2 is 0.934 bits per heavy atom. The van der Waals surface area contributed by atoms with Crippen molar-refractivity contribution >= 4 is 60.8 Å². The molecule has 0 fully saturated rings. The fourth-order valence-electron chi connectivity index (χ4n) is 10.5. The molecule has 3 heteroatoms. The number of anilines is 3. The van der Waals surface area contributed by atoms with Crippen molar-refractivity contribution in [2.24, 2.45) is 0 Å². The molecule has 0 saturated carbocycles. The molecule has 11 aromatic rings. The predicted octanol–water partition coefficient (Wildman–Crippen LogP) is 15.2. The second-order valence-corrected chi connectivity index (χ2v) is 16.9. The number of benzene rings is 9. The summed E-state index contributed by atoms with van der Waals surface area (Å²) >= 11 is 0. The molecule has 3 nitrogen and oxygen atoms in total. The molecule has 0 atom stereocenters. The molecular formula is C58H42N2O. The summed E-state index contributed by atoms with van der Waals surface area (Å²) in [7, 11) is 0. The molecule has 0 N–H and O–H groups in total. The monoisotopic (exact) mass is 782 g/mol. The van der Waals surface area contributed by atoms with Crippen molar-refractivity contribution in [1.82, 2.24) is 4.57 Å². The van der Waals surface area contributed by atoms with Crippen LogP contribution in [0.1, 0.15) is 47.2 Å². The van der Waals surface area contributed by atoms with Crippen LogP contribution in [0.3, 0.4) is 0 Å². The molecule has 0 amide bonds. The first kappa shape index (κ1) is 35.3. The molecular weight excluding hydrogens is 741 g/mol. The fraction of sp³-hybridized carbons (Fsp3) is 0.0690. The molecule has 3 heterocycles. The summed E-state index contributed by atoms with van der Waals surface area (Å²) in [5.41, 5.74) is 15.4. The first-order valence-corrected chi connectivity index (χ1v) is 21.2. The number of furan rings is 1. The summed E-state index contributed by atoms with van der Waals surface area (Å²) in [4.78, 5) is 2.44. The summed E-state index contributed by atoms with van der Waals surface area (Å²) < 4.78 is 8.77. The summed E-state index contributed by atoms with van der Waals surface area (Å²) in [6.07, 6.45) is 0. The second-order valence-electron chi connectivity index (χ2n) is 16.9. The topological polar surface area (TPSA) is 21.3 Å². The van der Waals surface area contributed by atoms with E-state index >= 15 is 0 Å². The SMILES string of the molecule is CC1(C)c2ccccc2N(c2ccc3oc4ccccc4c3c2)c2ccc(-n3c4ccccc4c4ccc(C(c5ccccc5)(c5ccccc5)c5ccccc5)cc43)cc21. The molecule has 0 unspecified atom stereocenters. The highest BCUT2D eigenvalue weighted by molar-refractivity contribution is 6.10. The Bertz CT molecular complexity index is 3350. The maximum absolute atomic E-state index is 6.28. The van der Waals surface area contributed by atoms with Gasteiger partial charge in [0.2, 0.25) is 0 Å². The zero-order valence-electron chi connectivity index (χ0n) is 34.1. The Kier molecular flexibility index (Phi) is 7.79. The largest absolute Gasteiger partial charge is 0.456 e. The van der Waals surface area contributed by atoms with Crippen LogP contribution in [0.15, 0.2) is 223 Å². The molecule has 0 bridgehead atoms. The van der Waals surface area contributed by atoms with E-state index < -0.39 is 5.41 Å². The van der Waals surface area contributed by atoms with Gasteiger partial charge < -0.3 is 13.9 Å². The van der Waals surface area contributed by atoms with Crippen molar-refractivity contribution in [2.75, 3.05) is 4.90 Å². The lowest BCUT2D eigenvalue weighted by Crippen LogP contribution is -2.31. The van der Waals surface area contributed by atoms with E-state index in [1.54, 1.807) is 0 Å². The first-order valence-electron chi connectivity index (χ1n) is 21.2. The van der Waals surface area contributed by atoms with Crippen molar-refractivity contribution in [2.45, 2.75) is 24.7 Å². The van der Waals surface area contributed by atoms with Crippen molar-refractivity contribution in [3.63, 3.8) is 0 Å². The van der Waals surface area contributed by atoms with Crippen LogP contribution < -0.4 is 4.90 Å². The summed E-state index contributed by atoms with van der Waals surface area (Å²) in [6.45, 7) is 4.74. The van der Waals surface area contributed by atoms with Crippen LogP contribution in [0.5, 0.6) is 0 Å². The number of fused-ring (bicyclic) bond motifs is 8. The van der Waals surface area contributed by atoms with Crippen LogP contribution in [-0.2, 0) is 10.8 Å². The van der Waals surface area contributed by atoms with E-state index in [0.717, 1.165) is 33.3 Å². The fourth-order valence-corrected chi connectivity index (χ4v) is 10.5. The third kappa shape index (κ3) is 5.17. The van der Waals surface area contributed by atoms with Crippen molar-refractivity contribution in [3.05, 3.63) is 252 Å². The molecule has 290 valence electrons. The average molecular weight is 783 g/mol. The van der Waals surface area contributed by atoms with Gasteiger partial charge in [0.25, 0.3) is 0 Å². The molecule has 2 aromatic heterocycles. The summed E-state index contributed by atoms with van der Waals surface area (Å²) in [5, 5.41) is 4.71. The molecule has 0 saturated heterocycles. The minimum absolute atomic E-state index is 0.280. The molecule has 0 aliphatic carbocycles. The summed E-state index contributed by atoms with van der Waals surface area (Å²) in [6, 6.07) is 79.9. The highest BCUT2D eigenvalue weighted by Gasteiger charge is 2.40. The third-order valence-corrected chi connectivity index (χ3v) is 13.3. The van der Waals surface area contributed by atoms with E-state index in [0.29, 0.717) is 0 Å². The Morgan fingerprint density at radius 3 is 1.66 bits per heavy atom. The highest BCUT2D eigenvalue weighted by Crippen LogP contribution is 2.53. The number of para-hydroxylation sites is 3. The lowest BCUT2D eigenvalue weighted by molar-refractivity contribution is 0.631. The van der Waals surface area contributed by atoms with Gasteiger partial charge in [-0.2, -0.15) is 0 Å². The van der Waals surface area contributed by atoms with Gasteiger partial charge in [0.1, 0.15) is 11.2 Å². The van der Waals surface area contributed by atoms with E-state index in [1.807, 2.05) is 12.1 Å². The molecule has 1 aliphatic rings. The van der Waals surface area contributed by atoms with Crippen LogP contribution >= 0.6 is 0 Å². The molecule has 12 rings (SSSR count). The maximum atomic E-state index is 6.28. The Labute approximate surface area is 355 Å². The Balaban J connectivity index is 1.11. The normalized spacial score (nSPS) is 13.5. The average Bonchev–Trinajstić information content (AvgIpc) is 3.86. The molecule has 9 aromatic carbocycles. The summed E-state index contributed by atoms with van der Waals surface area (Å²) in [5.74, 6) is 0. The molecule has 61 heavy (non-hydrogen) atoms. The van der Waals surface area contributed by atoms with Gasteiger partial charge in [-0.25, -0.2) is 0 Å². The number of hydrogen-bond acceptors (Lipinski definition) is 2. The van der Waals surface area contributed by atoms with Gasteiger partial charge in [-0.05, 0) is 94.0 Å². The number of aromatic nitrogens is 1. The van der Waals surface area contributed by atoms with Gasteiger partial charge in [0, 0.05) is 38.3 Å². The highest BCUT2D eigenvalue weighted by atomic mass is 16.3. The van der Waals surface area contributed by atoms with Gasteiger partial charge in [-0.1, -0.05) is 172 Å². The van der Waals surface area contributed by atoms with Gasteiger partial charge >= 0.3 is 0 Å². The maximum Gasteiger partial charge on any atom is 0.135 e. The Hall–Kier alpha value is -7.62. The molecule has 0 spiro atoms. The van der Waals surface area contributed by atoms with Crippen molar-refractivity contribution < 1.29 is 4.42 Å². The minimum Gasteiger partial charge on any atom is -0.456 e. The van der Waals surface area contributed by atoms with E-state index in [9.17, 15) is 0 Å². The quantitative estimate of drug-likeness (QED) is 0.157. The van der Waals surface area contributed by atoms with Crippen LogP contribution in [0.4, 0.5) is 17.1 Å². The van der Waals surface area contributed by atoms with E-state index in [2.05, 4.69) is 230 Å². The lowest BCUT2D eigenvalue weighted by Gasteiger charge is -2.42. The lowest BCUT2D eigenvalue weighted by atomic mass is 9.65. The third-order valence-electron chi connectivity index (χ3n) is 13.3. The molecule has 1 aliphatic heterocycles. The van der Waals surface area contributed by atoms with Crippen molar-refractivity contribution in [1.29, 1.82) is 0 Å². The molecule has 0 radical (unpaired) electrons. The standard InChI is InChI=1S/C58H42N2O/c1-57(2)49-26-14-16-28-52(49)60(43-32-35-56-48(37-43)47-25-13-17-29-55(47)61-56)53-34-31-44(38-50(53)57)59-51-27-15-12-24-45(51)46-33-30-42(36-54(46)59)58(39-18-6-3-7-19-39,40-20-8-4-9-21-40)41-22-10-5-11-23-41/h3-38H,1-2H3. The smallest absolute Gasteiger partial charge is 0.135 e. The van der Waals surface area contributed by atoms with Crippen LogP contribution in [0.2, 0.25) is 0 Å². The zero-order valence-corrected chi connectivity index (χ0v) is 34.1. The van der Waals surface area contributed by atoms with E-state index in [1.165, 1.54) is 66.6 Å². The predicted molar refractivity (Wildman–Crippen MR) is 253 cm³/mol. The van der Waals surface area contributed by atoms with Gasteiger partial charge in [0.15, 0.2) is 0 Å². The van der Waals surface area contributed by atoms with Crippen LogP contribution in [0.25, 0.3) is 49.4 Å². The second kappa shape index (κ2) is 13.5. The first-order chi connectivity index (χ1) is 30.0. The van der Waals surface area contributed by atoms with Crippen LogP contribution in [0, 0.1) is 0 Å². The van der Waals surface area contributed by atoms with E-state index in [-0.39, 0.29) is 5.41 Å². The minimum atomic E-state index is -0.567.